The van der Waals surface area contributed by atoms with Crippen LogP contribution in [-0.4, -0.2) is 38.8 Å². The van der Waals surface area contributed by atoms with Gasteiger partial charge in [-0.25, -0.2) is 8.42 Å². The van der Waals surface area contributed by atoms with Gasteiger partial charge < -0.3 is 14.8 Å². The largest absolute Gasteiger partial charge is 0.465 e. The van der Waals surface area contributed by atoms with Gasteiger partial charge in [0.25, 0.3) is 0 Å². The molecule has 31 heavy (non-hydrogen) atoms. The summed E-state index contributed by atoms with van der Waals surface area (Å²) in [4.78, 5) is 12.6. The number of sulfone groups is 1. The van der Waals surface area contributed by atoms with Crippen molar-refractivity contribution in [1.29, 1.82) is 0 Å². The molecule has 1 aliphatic rings. The number of rotatable bonds is 6. The molecule has 0 unspecified atom stereocenters. The Kier molecular flexibility index (Phi) is 6.61. The number of hydrogen-bond acceptors (Lipinski definition) is 6. The molecule has 168 valence electrons. The Morgan fingerprint density at radius 3 is 2.00 bits per heavy atom. The summed E-state index contributed by atoms with van der Waals surface area (Å²) in [7, 11) is -4.05. The Balaban J connectivity index is 1.83. The molecular formula is C21H22F3NO5S. The predicted molar refractivity (Wildman–Crippen MR) is 107 cm³/mol. The number of hydrogen-bond donors (Lipinski definition) is 1. The molecule has 3 rings (SSSR count). The molecule has 0 amide bonds. The summed E-state index contributed by atoms with van der Waals surface area (Å²) in [6.07, 6.45) is -4.26. The van der Waals surface area contributed by atoms with E-state index in [9.17, 15) is 26.4 Å². The van der Waals surface area contributed by atoms with Crippen LogP contribution in [0.25, 0.3) is 0 Å². The predicted octanol–water partition coefficient (Wildman–Crippen LogP) is 3.96. The minimum atomic E-state index is -4.45. The van der Waals surface area contributed by atoms with Gasteiger partial charge in [-0.05, 0) is 81.4 Å². The van der Waals surface area contributed by atoms with Crippen LogP contribution < -0.4 is 10.1 Å². The number of nitrogens with one attached hydrogen (secondary N) is 1. The lowest BCUT2D eigenvalue weighted by molar-refractivity contribution is -0.147. The van der Waals surface area contributed by atoms with Crippen LogP contribution in [0.15, 0.2) is 53.4 Å². The van der Waals surface area contributed by atoms with Gasteiger partial charge in [0.05, 0.1) is 17.1 Å². The van der Waals surface area contributed by atoms with Crippen LogP contribution in [0.4, 0.5) is 13.2 Å². The smallest absolute Gasteiger partial charge is 0.416 e. The van der Waals surface area contributed by atoms with Crippen molar-refractivity contribution in [3.8, 4) is 11.5 Å². The molecule has 0 aromatic heterocycles. The first-order valence-electron chi connectivity index (χ1n) is 9.68. The van der Waals surface area contributed by atoms with Gasteiger partial charge in [0.15, 0.2) is 14.6 Å². The number of alkyl halides is 3. The summed E-state index contributed by atoms with van der Waals surface area (Å²) < 4.78 is 73.6. The van der Waals surface area contributed by atoms with E-state index in [1.807, 2.05) is 0 Å². The molecule has 1 saturated heterocycles. The van der Waals surface area contributed by atoms with E-state index in [-0.39, 0.29) is 35.8 Å². The van der Waals surface area contributed by atoms with Crippen molar-refractivity contribution in [2.75, 3.05) is 19.7 Å². The van der Waals surface area contributed by atoms with Crippen molar-refractivity contribution in [2.45, 2.75) is 35.6 Å². The molecule has 0 bridgehead atoms. The van der Waals surface area contributed by atoms with Crippen molar-refractivity contribution in [3.63, 3.8) is 0 Å². The summed E-state index contributed by atoms with van der Waals surface area (Å²) in [6.45, 7) is 2.43. The maximum atomic E-state index is 13.4. The highest BCUT2D eigenvalue weighted by atomic mass is 32.2. The lowest BCUT2D eigenvalue weighted by Gasteiger charge is -2.34. The second-order valence-corrected chi connectivity index (χ2v) is 9.32. The summed E-state index contributed by atoms with van der Waals surface area (Å²) >= 11 is 0. The van der Waals surface area contributed by atoms with E-state index in [4.69, 9.17) is 9.47 Å². The van der Waals surface area contributed by atoms with Crippen LogP contribution in [0, 0.1) is 0 Å². The normalized spacial score (nSPS) is 16.5. The topological polar surface area (TPSA) is 81.7 Å². The third kappa shape index (κ3) is 4.69. The van der Waals surface area contributed by atoms with Gasteiger partial charge in [-0.2, -0.15) is 13.2 Å². The number of carbonyl (C=O) groups excluding carboxylic acids is 1. The van der Waals surface area contributed by atoms with Crippen molar-refractivity contribution in [3.05, 3.63) is 54.1 Å². The maximum Gasteiger partial charge on any atom is 0.416 e. The van der Waals surface area contributed by atoms with E-state index < -0.39 is 32.3 Å². The van der Waals surface area contributed by atoms with E-state index >= 15 is 0 Å². The number of halogens is 3. The van der Waals surface area contributed by atoms with Crippen LogP contribution in [0.2, 0.25) is 0 Å². The summed E-state index contributed by atoms with van der Waals surface area (Å²) in [6, 6.07) is 9.57. The van der Waals surface area contributed by atoms with Gasteiger partial charge in [0, 0.05) is 0 Å². The molecule has 1 heterocycles. The van der Waals surface area contributed by atoms with Crippen molar-refractivity contribution in [1.82, 2.24) is 5.32 Å². The molecule has 0 saturated carbocycles. The van der Waals surface area contributed by atoms with Crippen LogP contribution in [0.5, 0.6) is 11.5 Å². The molecule has 0 radical (unpaired) electrons. The Morgan fingerprint density at radius 2 is 1.52 bits per heavy atom. The lowest BCUT2D eigenvalue weighted by Crippen LogP contribution is -2.54. The van der Waals surface area contributed by atoms with Gasteiger partial charge >= 0.3 is 12.1 Å². The number of ether oxygens (including phenoxy) is 2. The van der Waals surface area contributed by atoms with Crippen LogP contribution >= 0.6 is 0 Å². The van der Waals surface area contributed by atoms with Crippen LogP contribution in [-0.2, 0) is 25.5 Å². The molecule has 6 nitrogen and oxygen atoms in total. The zero-order valence-electron chi connectivity index (χ0n) is 16.7. The summed E-state index contributed by atoms with van der Waals surface area (Å²) in [5.74, 6) is -0.347. The average molecular weight is 457 g/mol. The molecule has 0 aliphatic carbocycles. The molecule has 0 atom stereocenters. The molecule has 1 fully saturated rings. The maximum absolute atomic E-state index is 13.4. The van der Waals surface area contributed by atoms with Gasteiger partial charge in [0.2, 0.25) is 0 Å². The van der Waals surface area contributed by atoms with Gasteiger partial charge in [-0.3, -0.25) is 4.79 Å². The number of benzene rings is 2. The van der Waals surface area contributed by atoms with E-state index in [0.29, 0.717) is 13.1 Å². The quantitative estimate of drug-likeness (QED) is 0.662. The fourth-order valence-corrected chi connectivity index (χ4v) is 5.40. The van der Waals surface area contributed by atoms with E-state index in [2.05, 4.69) is 5.32 Å². The Morgan fingerprint density at radius 1 is 1.00 bits per heavy atom. The molecule has 10 heteroatoms. The van der Waals surface area contributed by atoms with E-state index in [1.165, 1.54) is 36.4 Å². The highest BCUT2D eigenvalue weighted by Crippen LogP contribution is 2.36. The monoisotopic (exact) mass is 457 g/mol. The van der Waals surface area contributed by atoms with Gasteiger partial charge in [0.1, 0.15) is 11.5 Å². The first kappa shape index (κ1) is 23.1. The summed E-state index contributed by atoms with van der Waals surface area (Å²) in [5, 5.41) is 3.05. The summed E-state index contributed by atoms with van der Waals surface area (Å²) in [5.41, 5.74) is -0.799. The van der Waals surface area contributed by atoms with E-state index in [0.717, 1.165) is 12.1 Å². The van der Waals surface area contributed by atoms with Crippen LogP contribution in [0.1, 0.15) is 25.3 Å². The van der Waals surface area contributed by atoms with E-state index in [1.54, 1.807) is 6.92 Å². The Hall–Kier alpha value is -2.59. The average Bonchev–Trinajstić information content (AvgIpc) is 2.74. The Labute approximate surface area is 178 Å². The van der Waals surface area contributed by atoms with Crippen LogP contribution in [0.3, 0.4) is 0 Å². The minimum absolute atomic E-state index is 0.0535. The Bertz CT molecular complexity index is 1010. The molecular weight excluding hydrogens is 435 g/mol. The second-order valence-electron chi connectivity index (χ2n) is 7.06. The van der Waals surface area contributed by atoms with Gasteiger partial charge in [-0.1, -0.05) is 0 Å². The fourth-order valence-electron chi connectivity index (χ4n) is 3.44. The zero-order valence-corrected chi connectivity index (χ0v) is 17.6. The molecule has 0 spiro atoms. The van der Waals surface area contributed by atoms with Crippen molar-refractivity contribution >= 4 is 15.8 Å². The highest BCUT2D eigenvalue weighted by Gasteiger charge is 2.53. The number of carbonyl (C=O) groups is 1. The third-order valence-electron chi connectivity index (χ3n) is 5.12. The first-order valence-corrected chi connectivity index (χ1v) is 11.2. The molecule has 2 aromatic carbocycles. The van der Waals surface area contributed by atoms with Crippen molar-refractivity contribution in [2.24, 2.45) is 0 Å². The number of esters is 1. The molecule has 1 aliphatic heterocycles. The zero-order chi connectivity index (χ0) is 22.7. The minimum Gasteiger partial charge on any atom is -0.465 e. The van der Waals surface area contributed by atoms with Gasteiger partial charge in [-0.15, -0.1) is 0 Å². The molecule has 1 N–H and O–H groups in total. The standard InChI is InChI=1S/C21H22F3NO5S/c1-2-29-19(26)20(11-13-25-14-12-20)31(27,28)18-9-7-17(8-10-18)30-16-5-3-15(4-6-16)21(22,23)24/h3-10,25H,2,11-14H2,1H3. The second kappa shape index (κ2) is 8.88. The fraction of sp³-hybridized carbons (Fsp3) is 0.381. The lowest BCUT2D eigenvalue weighted by atomic mass is 9.97. The van der Waals surface area contributed by atoms with Crippen molar-refractivity contribution < 1.29 is 35.9 Å². The number of piperidine rings is 1. The molecule has 2 aromatic rings. The third-order valence-corrected chi connectivity index (χ3v) is 7.62. The SMILES string of the molecule is CCOC(=O)C1(S(=O)(=O)c2ccc(Oc3ccc(C(F)(F)F)cc3)cc2)CCNCC1. The highest BCUT2D eigenvalue weighted by molar-refractivity contribution is 7.93. The first-order chi connectivity index (χ1) is 14.6.